The highest BCUT2D eigenvalue weighted by atomic mass is 32.1. The first kappa shape index (κ1) is 24.0. The van der Waals surface area contributed by atoms with Gasteiger partial charge in [-0.3, -0.25) is 9.59 Å². The standard InChI is InChI=1S/C25H26FN5O4S/c1-34-20-13-15-18(14-21(20)35-2)28-25(36)31-23(15)27-17(24(31)33)7-8-22(32)30-11-9-29(10-12-30)19-6-4-3-5-16(19)26/h3-6,13-14,17,27H,7-12H2,1-2H3/t17-/m1/s1. The Bertz CT molecular complexity index is 1400. The van der Waals surface area contributed by atoms with Gasteiger partial charge in [0, 0.05) is 44.1 Å². The number of para-hydroxylation sites is 1. The molecule has 0 saturated carbocycles. The highest BCUT2D eigenvalue weighted by Gasteiger charge is 2.33. The molecule has 0 radical (unpaired) electrons. The van der Waals surface area contributed by atoms with E-state index in [4.69, 9.17) is 21.7 Å². The molecule has 5 rings (SSSR count). The molecule has 0 spiro atoms. The zero-order chi connectivity index (χ0) is 25.4. The van der Waals surface area contributed by atoms with Crippen molar-refractivity contribution in [3.63, 3.8) is 0 Å². The van der Waals surface area contributed by atoms with Crippen molar-refractivity contribution in [1.82, 2.24) is 14.5 Å². The normalized spacial score (nSPS) is 17.2. The lowest BCUT2D eigenvalue weighted by molar-refractivity contribution is -0.131. The number of nitrogens with one attached hydrogen (secondary N) is 1. The fourth-order valence-corrected chi connectivity index (χ4v) is 5.06. The van der Waals surface area contributed by atoms with Gasteiger partial charge in [-0.05, 0) is 36.8 Å². The molecule has 1 aromatic heterocycles. The number of amides is 1. The summed E-state index contributed by atoms with van der Waals surface area (Å²) >= 11 is 5.39. The first-order chi connectivity index (χ1) is 17.4. The maximum Gasteiger partial charge on any atom is 0.257 e. The number of carbonyl (C=O) groups is 2. The van der Waals surface area contributed by atoms with Crippen molar-refractivity contribution in [2.45, 2.75) is 18.9 Å². The molecule has 0 unspecified atom stereocenters. The molecule has 3 heterocycles. The summed E-state index contributed by atoms with van der Waals surface area (Å²) in [6, 6.07) is 9.52. The van der Waals surface area contributed by atoms with Crippen LogP contribution in [0.4, 0.5) is 15.9 Å². The largest absolute Gasteiger partial charge is 0.493 e. The van der Waals surface area contributed by atoms with Gasteiger partial charge >= 0.3 is 0 Å². The molecule has 188 valence electrons. The lowest BCUT2D eigenvalue weighted by Gasteiger charge is -2.36. The number of piperazine rings is 1. The third-order valence-corrected chi connectivity index (χ3v) is 6.96. The van der Waals surface area contributed by atoms with Gasteiger partial charge in [-0.2, -0.15) is 0 Å². The lowest BCUT2D eigenvalue weighted by atomic mass is 10.1. The molecule has 1 fully saturated rings. The van der Waals surface area contributed by atoms with Crippen molar-refractivity contribution in [2.75, 3.05) is 50.6 Å². The molecule has 0 aliphatic carbocycles. The minimum absolute atomic E-state index is 0.0354. The van der Waals surface area contributed by atoms with Gasteiger partial charge < -0.3 is 24.6 Å². The molecule has 2 aliphatic heterocycles. The van der Waals surface area contributed by atoms with Gasteiger partial charge in [-0.1, -0.05) is 12.1 Å². The minimum Gasteiger partial charge on any atom is -0.493 e. The van der Waals surface area contributed by atoms with Crippen LogP contribution in [0.2, 0.25) is 0 Å². The van der Waals surface area contributed by atoms with E-state index in [-0.39, 0.29) is 28.8 Å². The highest BCUT2D eigenvalue weighted by Crippen LogP contribution is 2.37. The zero-order valence-electron chi connectivity index (χ0n) is 20.0. The summed E-state index contributed by atoms with van der Waals surface area (Å²) in [5.41, 5.74) is 1.13. The van der Waals surface area contributed by atoms with E-state index in [0.29, 0.717) is 66.5 Å². The van der Waals surface area contributed by atoms with Gasteiger partial charge in [0.25, 0.3) is 5.91 Å². The van der Waals surface area contributed by atoms with E-state index in [1.54, 1.807) is 35.2 Å². The number of fused-ring (bicyclic) bond motifs is 3. The first-order valence-corrected chi connectivity index (χ1v) is 12.1. The smallest absolute Gasteiger partial charge is 0.257 e. The molecule has 1 atom stereocenters. The number of methoxy groups -OCH3 is 2. The predicted octanol–water partition coefficient (Wildman–Crippen LogP) is 3.49. The Morgan fingerprint density at radius 1 is 1.14 bits per heavy atom. The number of hydrogen-bond donors (Lipinski definition) is 1. The second-order valence-corrected chi connectivity index (χ2v) is 9.06. The molecule has 1 amide bonds. The fourth-order valence-electron chi connectivity index (χ4n) is 4.78. The van der Waals surface area contributed by atoms with Crippen molar-refractivity contribution in [3.05, 3.63) is 47.0 Å². The van der Waals surface area contributed by atoms with E-state index in [9.17, 15) is 14.0 Å². The lowest BCUT2D eigenvalue weighted by Crippen LogP contribution is -2.49. The number of nitrogens with zero attached hydrogens (tertiary/aromatic N) is 4. The van der Waals surface area contributed by atoms with Crippen molar-refractivity contribution < 1.29 is 23.5 Å². The molecule has 3 aromatic rings. The predicted molar refractivity (Wildman–Crippen MR) is 136 cm³/mol. The Labute approximate surface area is 212 Å². The number of anilines is 2. The van der Waals surface area contributed by atoms with Crippen LogP contribution in [0.5, 0.6) is 11.5 Å². The number of carbonyl (C=O) groups excluding carboxylic acids is 2. The fraction of sp³-hybridized carbons (Fsp3) is 0.360. The number of rotatable bonds is 6. The molecule has 36 heavy (non-hydrogen) atoms. The Kier molecular flexibility index (Phi) is 6.48. The van der Waals surface area contributed by atoms with Crippen molar-refractivity contribution in [2.24, 2.45) is 0 Å². The van der Waals surface area contributed by atoms with Gasteiger partial charge in [0.1, 0.15) is 17.7 Å². The second kappa shape index (κ2) is 9.73. The molecule has 1 saturated heterocycles. The topological polar surface area (TPSA) is 88.9 Å². The van der Waals surface area contributed by atoms with Crippen LogP contribution in [0.15, 0.2) is 36.4 Å². The van der Waals surface area contributed by atoms with Crippen LogP contribution >= 0.6 is 12.2 Å². The molecule has 0 bridgehead atoms. The quantitative estimate of drug-likeness (QED) is 0.504. The number of ether oxygens (including phenoxy) is 2. The summed E-state index contributed by atoms with van der Waals surface area (Å²) in [5, 5.41) is 3.91. The summed E-state index contributed by atoms with van der Waals surface area (Å²) in [7, 11) is 3.07. The van der Waals surface area contributed by atoms with Crippen LogP contribution in [0, 0.1) is 10.6 Å². The van der Waals surface area contributed by atoms with E-state index >= 15 is 0 Å². The summed E-state index contributed by atoms with van der Waals surface area (Å²) in [6.07, 6.45) is 0.517. The average molecular weight is 512 g/mol. The van der Waals surface area contributed by atoms with Crippen LogP contribution in [-0.4, -0.2) is 72.7 Å². The average Bonchev–Trinajstić information content (AvgIpc) is 3.23. The van der Waals surface area contributed by atoms with E-state index in [1.807, 2.05) is 4.90 Å². The van der Waals surface area contributed by atoms with Gasteiger partial charge in [-0.25, -0.2) is 13.9 Å². The van der Waals surface area contributed by atoms with Crippen LogP contribution in [0.25, 0.3) is 10.9 Å². The zero-order valence-corrected chi connectivity index (χ0v) is 20.8. The number of aromatic nitrogens is 2. The second-order valence-electron chi connectivity index (χ2n) is 8.70. The van der Waals surface area contributed by atoms with Crippen LogP contribution < -0.4 is 19.7 Å². The Hall–Kier alpha value is -3.73. The van der Waals surface area contributed by atoms with Crippen molar-refractivity contribution in [3.8, 4) is 11.5 Å². The maximum absolute atomic E-state index is 14.1. The van der Waals surface area contributed by atoms with E-state index in [1.165, 1.54) is 24.9 Å². The molecular weight excluding hydrogens is 485 g/mol. The maximum atomic E-state index is 14.1. The number of hydrogen-bond acceptors (Lipinski definition) is 8. The summed E-state index contributed by atoms with van der Waals surface area (Å²) in [4.78, 5) is 34.1. The van der Waals surface area contributed by atoms with Crippen LogP contribution in [-0.2, 0) is 4.79 Å². The Morgan fingerprint density at radius 2 is 1.83 bits per heavy atom. The highest BCUT2D eigenvalue weighted by molar-refractivity contribution is 7.71. The number of halogens is 1. The third kappa shape index (κ3) is 4.23. The monoisotopic (exact) mass is 511 g/mol. The van der Waals surface area contributed by atoms with E-state index in [0.717, 1.165) is 0 Å². The van der Waals surface area contributed by atoms with Gasteiger partial charge in [0.15, 0.2) is 11.5 Å². The van der Waals surface area contributed by atoms with Crippen molar-refractivity contribution >= 4 is 46.4 Å². The Morgan fingerprint density at radius 3 is 2.53 bits per heavy atom. The third-order valence-electron chi connectivity index (χ3n) is 6.69. The summed E-state index contributed by atoms with van der Waals surface area (Å²) in [5.74, 6) is 1.02. The molecule has 9 nitrogen and oxygen atoms in total. The van der Waals surface area contributed by atoms with Gasteiger partial charge in [0.05, 0.1) is 25.4 Å². The van der Waals surface area contributed by atoms with E-state index in [2.05, 4.69) is 10.3 Å². The molecule has 1 N–H and O–H groups in total. The Balaban J connectivity index is 1.26. The minimum atomic E-state index is -0.601. The molecule has 2 aromatic carbocycles. The number of benzene rings is 2. The molecule has 11 heteroatoms. The summed E-state index contributed by atoms with van der Waals surface area (Å²) < 4.78 is 26.4. The van der Waals surface area contributed by atoms with Crippen molar-refractivity contribution in [1.29, 1.82) is 0 Å². The summed E-state index contributed by atoms with van der Waals surface area (Å²) in [6.45, 7) is 2.11. The van der Waals surface area contributed by atoms with Gasteiger partial charge in [-0.15, -0.1) is 0 Å². The van der Waals surface area contributed by atoms with Gasteiger partial charge in [0.2, 0.25) is 10.7 Å². The van der Waals surface area contributed by atoms with Crippen LogP contribution in [0.3, 0.4) is 0 Å². The van der Waals surface area contributed by atoms with E-state index < -0.39 is 6.04 Å². The first-order valence-electron chi connectivity index (χ1n) is 11.7. The molecular formula is C25H26FN5O4S. The molecule has 2 aliphatic rings. The SMILES string of the molecule is COc1cc2nc(=S)n3c(c2cc1OC)N[C@H](CCC(=O)N1CCN(c2ccccc2F)CC1)C3=O. The van der Waals surface area contributed by atoms with Crippen LogP contribution in [0.1, 0.15) is 17.6 Å².